The van der Waals surface area contributed by atoms with Crippen LogP contribution in [0.3, 0.4) is 0 Å². The minimum absolute atomic E-state index is 0.103. The van der Waals surface area contributed by atoms with E-state index in [4.69, 9.17) is 9.15 Å². The molecule has 0 spiro atoms. The molecule has 1 aliphatic rings. The number of methoxy groups -OCH3 is 1. The number of carbonyl (C=O) groups excluding carboxylic acids is 2. The molecule has 5 heteroatoms. The van der Waals surface area contributed by atoms with Crippen molar-refractivity contribution in [3.05, 3.63) is 23.7 Å². The predicted octanol–water partition coefficient (Wildman–Crippen LogP) is 2.14. The van der Waals surface area contributed by atoms with Crippen LogP contribution in [0.15, 0.2) is 16.7 Å². The van der Waals surface area contributed by atoms with Crippen LogP contribution < -0.4 is 0 Å². The first kappa shape index (κ1) is 13.6. The molecule has 1 saturated carbocycles. The second-order valence-corrected chi connectivity index (χ2v) is 4.93. The summed E-state index contributed by atoms with van der Waals surface area (Å²) in [5.74, 6) is -0.322. The lowest BCUT2D eigenvalue weighted by Gasteiger charge is -2.39. The topological polar surface area (TPSA) is 59.8 Å². The van der Waals surface area contributed by atoms with Gasteiger partial charge < -0.3 is 14.1 Å². The van der Waals surface area contributed by atoms with Crippen molar-refractivity contribution in [3.63, 3.8) is 0 Å². The van der Waals surface area contributed by atoms with Crippen LogP contribution in [0.4, 0.5) is 0 Å². The van der Waals surface area contributed by atoms with Gasteiger partial charge in [0.1, 0.15) is 6.04 Å². The molecule has 0 aromatic carbocycles. The van der Waals surface area contributed by atoms with Gasteiger partial charge in [0.2, 0.25) is 0 Å². The van der Waals surface area contributed by atoms with E-state index in [1.54, 1.807) is 17.9 Å². The molecular formula is C14H19NO4. The fourth-order valence-electron chi connectivity index (χ4n) is 2.32. The molecule has 0 radical (unpaired) electrons. The van der Waals surface area contributed by atoms with Crippen molar-refractivity contribution in [2.75, 3.05) is 7.11 Å². The second-order valence-electron chi connectivity index (χ2n) is 4.93. The molecule has 1 atom stereocenters. The van der Waals surface area contributed by atoms with Gasteiger partial charge in [-0.1, -0.05) is 0 Å². The summed E-state index contributed by atoms with van der Waals surface area (Å²) in [6.07, 6.45) is 4.42. The van der Waals surface area contributed by atoms with Gasteiger partial charge in [-0.15, -0.1) is 0 Å². The summed E-state index contributed by atoms with van der Waals surface area (Å²) >= 11 is 0. The number of nitrogens with zero attached hydrogens (tertiary/aromatic N) is 1. The molecule has 1 fully saturated rings. The Kier molecular flexibility index (Phi) is 3.93. The van der Waals surface area contributed by atoms with E-state index in [0.717, 1.165) is 24.8 Å². The van der Waals surface area contributed by atoms with Crippen molar-refractivity contribution in [1.29, 1.82) is 0 Å². The normalized spacial score (nSPS) is 16.6. The number of rotatable bonds is 4. The molecule has 1 amide bonds. The number of esters is 1. The molecule has 104 valence electrons. The predicted molar refractivity (Wildman–Crippen MR) is 68.7 cm³/mol. The van der Waals surface area contributed by atoms with E-state index in [-0.39, 0.29) is 11.9 Å². The Morgan fingerprint density at radius 3 is 2.58 bits per heavy atom. The number of hydrogen-bond acceptors (Lipinski definition) is 4. The molecule has 0 saturated heterocycles. The van der Waals surface area contributed by atoms with Gasteiger partial charge in [0, 0.05) is 11.6 Å². The van der Waals surface area contributed by atoms with Crippen molar-refractivity contribution in [1.82, 2.24) is 4.90 Å². The summed E-state index contributed by atoms with van der Waals surface area (Å²) in [5, 5.41) is 0. The van der Waals surface area contributed by atoms with Crippen molar-refractivity contribution >= 4 is 11.9 Å². The highest BCUT2D eigenvalue weighted by Crippen LogP contribution is 2.29. The van der Waals surface area contributed by atoms with Gasteiger partial charge in [-0.25, -0.2) is 4.79 Å². The number of furan rings is 1. The lowest BCUT2D eigenvalue weighted by Crippen LogP contribution is -2.52. The fourth-order valence-corrected chi connectivity index (χ4v) is 2.32. The molecule has 1 heterocycles. The zero-order valence-corrected chi connectivity index (χ0v) is 11.5. The van der Waals surface area contributed by atoms with Crippen LogP contribution in [-0.4, -0.2) is 36.0 Å². The standard InChI is InChI=1S/C14H19NO4/c1-9-7-8-19-12(9)13(16)15(11-5-4-6-11)10(2)14(17)18-3/h7-8,10-11H,4-6H2,1-3H3/t10-/m1/s1. The number of amides is 1. The molecule has 0 aliphatic heterocycles. The summed E-state index contributed by atoms with van der Waals surface area (Å²) in [7, 11) is 1.33. The van der Waals surface area contributed by atoms with E-state index < -0.39 is 12.0 Å². The minimum atomic E-state index is -0.590. The van der Waals surface area contributed by atoms with E-state index in [1.165, 1.54) is 13.4 Å². The Hall–Kier alpha value is -1.78. The van der Waals surface area contributed by atoms with Crippen LogP contribution in [0, 0.1) is 6.92 Å². The second kappa shape index (κ2) is 5.47. The van der Waals surface area contributed by atoms with Gasteiger partial charge in [-0.2, -0.15) is 0 Å². The Morgan fingerprint density at radius 2 is 2.16 bits per heavy atom. The molecule has 0 N–H and O–H groups in total. The van der Waals surface area contributed by atoms with Crippen LogP contribution in [0.1, 0.15) is 42.3 Å². The molecule has 5 nitrogen and oxygen atoms in total. The highest BCUT2D eigenvalue weighted by Gasteiger charge is 2.37. The number of carbonyl (C=O) groups is 2. The van der Waals surface area contributed by atoms with Gasteiger partial charge >= 0.3 is 5.97 Å². The summed E-state index contributed by atoms with van der Waals surface area (Å²) in [5.41, 5.74) is 0.784. The molecule has 1 aliphatic carbocycles. The third-order valence-corrected chi connectivity index (χ3v) is 3.72. The molecule has 2 rings (SSSR count). The maximum atomic E-state index is 12.5. The van der Waals surface area contributed by atoms with Gasteiger partial charge in [0.15, 0.2) is 5.76 Å². The van der Waals surface area contributed by atoms with Gasteiger partial charge in [-0.3, -0.25) is 4.79 Å². The zero-order chi connectivity index (χ0) is 14.0. The third-order valence-electron chi connectivity index (χ3n) is 3.72. The Morgan fingerprint density at radius 1 is 1.47 bits per heavy atom. The van der Waals surface area contributed by atoms with Crippen LogP contribution in [-0.2, 0) is 9.53 Å². The Balaban J connectivity index is 2.25. The van der Waals surface area contributed by atoms with Gasteiger partial charge in [0.05, 0.1) is 13.4 Å². The molecule has 0 unspecified atom stereocenters. The average Bonchev–Trinajstić information content (AvgIpc) is 2.77. The Bertz CT molecular complexity index is 476. The minimum Gasteiger partial charge on any atom is -0.467 e. The first-order valence-electron chi connectivity index (χ1n) is 6.50. The molecule has 0 bridgehead atoms. The third kappa shape index (κ3) is 2.50. The van der Waals surface area contributed by atoms with Gasteiger partial charge in [0.25, 0.3) is 5.91 Å². The van der Waals surface area contributed by atoms with E-state index in [2.05, 4.69) is 0 Å². The SMILES string of the molecule is COC(=O)[C@@H](C)N(C(=O)c1occc1C)C1CCC1. The van der Waals surface area contributed by atoms with E-state index in [9.17, 15) is 9.59 Å². The first-order valence-corrected chi connectivity index (χ1v) is 6.50. The van der Waals surface area contributed by atoms with E-state index in [1.807, 2.05) is 6.92 Å². The molecule has 19 heavy (non-hydrogen) atoms. The summed E-state index contributed by atoms with van der Waals surface area (Å²) in [6.45, 7) is 3.51. The lowest BCUT2D eigenvalue weighted by molar-refractivity contribution is -0.146. The lowest BCUT2D eigenvalue weighted by atomic mass is 9.90. The summed E-state index contributed by atoms with van der Waals surface area (Å²) in [6, 6.07) is 1.26. The van der Waals surface area contributed by atoms with Crippen molar-refractivity contribution in [2.45, 2.75) is 45.2 Å². The zero-order valence-electron chi connectivity index (χ0n) is 11.5. The summed E-state index contributed by atoms with van der Waals surface area (Å²) < 4.78 is 9.99. The largest absolute Gasteiger partial charge is 0.467 e. The fraction of sp³-hybridized carbons (Fsp3) is 0.571. The number of aryl methyl sites for hydroxylation is 1. The van der Waals surface area contributed by atoms with Crippen LogP contribution in [0.2, 0.25) is 0 Å². The monoisotopic (exact) mass is 265 g/mol. The maximum Gasteiger partial charge on any atom is 0.328 e. The quantitative estimate of drug-likeness (QED) is 0.783. The van der Waals surface area contributed by atoms with Crippen LogP contribution >= 0.6 is 0 Å². The highest BCUT2D eigenvalue weighted by molar-refractivity contribution is 5.95. The van der Waals surface area contributed by atoms with E-state index in [0.29, 0.717) is 5.76 Å². The van der Waals surface area contributed by atoms with Crippen molar-refractivity contribution in [2.24, 2.45) is 0 Å². The number of hydrogen-bond donors (Lipinski definition) is 0. The van der Waals surface area contributed by atoms with Crippen LogP contribution in [0.25, 0.3) is 0 Å². The average molecular weight is 265 g/mol. The molecule has 1 aromatic heterocycles. The van der Waals surface area contributed by atoms with Crippen molar-refractivity contribution < 1.29 is 18.7 Å². The van der Waals surface area contributed by atoms with E-state index >= 15 is 0 Å². The smallest absolute Gasteiger partial charge is 0.328 e. The van der Waals surface area contributed by atoms with Gasteiger partial charge in [-0.05, 0) is 39.2 Å². The van der Waals surface area contributed by atoms with Crippen LogP contribution in [0.5, 0.6) is 0 Å². The highest BCUT2D eigenvalue weighted by atomic mass is 16.5. The maximum absolute atomic E-state index is 12.5. The molecule has 1 aromatic rings. The molecular weight excluding hydrogens is 246 g/mol. The summed E-state index contributed by atoms with van der Waals surface area (Å²) in [4.78, 5) is 25.9. The first-order chi connectivity index (χ1) is 9.06. The Labute approximate surface area is 112 Å². The van der Waals surface area contributed by atoms with Crippen molar-refractivity contribution in [3.8, 4) is 0 Å². The number of ether oxygens (including phenoxy) is 1.